The van der Waals surface area contributed by atoms with E-state index in [1.165, 1.54) is 0 Å². The van der Waals surface area contributed by atoms with E-state index in [0.717, 1.165) is 0 Å². The molecule has 1 saturated carbocycles. The van der Waals surface area contributed by atoms with Crippen LogP contribution in [-0.2, 0) is 0 Å². The predicted octanol–water partition coefficient (Wildman–Crippen LogP) is 1.03. The normalized spacial score (nSPS) is 34.9. The smallest absolute Gasteiger partial charge is 0.150 e. The average Bonchev–Trinajstić information content (AvgIpc) is 2.66. The van der Waals surface area contributed by atoms with Crippen molar-refractivity contribution in [2.45, 2.75) is 6.92 Å². The second-order valence-electron chi connectivity index (χ2n) is 2.88. The van der Waals surface area contributed by atoms with Gasteiger partial charge in [0.15, 0.2) is 5.41 Å². The van der Waals surface area contributed by atoms with Gasteiger partial charge in [-0.2, -0.15) is 5.26 Å². The summed E-state index contributed by atoms with van der Waals surface area (Å²) >= 11 is 0. The number of rotatable bonds is 0. The Bertz CT molecular complexity index is 309. The number of terminal acetylenes is 3. The molecule has 1 aliphatic rings. The predicted molar refractivity (Wildman–Crippen MR) is 46.1 cm³/mol. The van der Waals surface area contributed by atoms with Crippen LogP contribution in [0.3, 0.4) is 0 Å². The number of hydrogen-bond donors (Lipinski definition) is 0. The molecule has 1 aliphatic carbocycles. The van der Waals surface area contributed by atoms with E-state index in [9.17, 15) is 0 Å². The summed E-state index contributed by atoms with van der Waals surface area (Å²) in [7, 11) is 0. The minimum atomic E-state index is -0.934. The van der Waals surface area contributed by atoms with Gasteiger partial charge in [0.05, 0.1) is 6.07 Å². The fourth-order valence-corrected chi connectivity index (χ4v) is 1.64. The average molecular weight is 153 g/mol. The lowest BCUT2D eigenvalue weighted by Gasteiger charge is -1.99. The molecule has 0 bridgehead atoms. The fourth-order valence-electron chi connectivity index (χ4n) is 1.64. The summed E-state index contributed by atoms with van der Waals surface area (Å²) in [6.07, 6.45) is 15.7. The van der Waals surface area contributed by atoms with Crippen molar-refractivity contribution < 1.29 is 0 Å². The molecule has 2 unspecified atom stereocenters. The molecule has 56 valence electrons. The standard InChI is InChI=1S/C11H7N/c1-5-10(6-2)9(4)11(10,7-3)8-12/h1-3,9H,4H3. The molecule has 2 atom stereocenters. The van der Waals surface area contributed by atoms with Crippen LogP contribution in [0.4, 0.5) is 0 Å². The third kappa shape index (κ3) is 0.494. The topological polar surface area (TPSA) is 23.8 Å². The van der Waals surface area contributed by atoms with Crippen molar-refractivity contribution in [2.24, 2.45) is 16.7 Å². The zero-order valence-corrected chi connectivity index (χ0v) is 6.76. The van der Waals surface area contributed by atoms with E-state index in [4.69, 9.17) is 24.5 Å². The zero-order valence-electron chi connectivity index (χ0n) is 6.76. The van der Waals surface area contributed by atoms with Crippen LogP contribution in [0.5, 0.6) is 0 Å². The molecule has 1 fully saturated rings. The first-order valence-electron chi connectivity index (χ1n) is 3.49. The highest BCUT2D eigenvalue weighted by molar-refractivity contribution is 5.53. The first-order chi connectivity index (χ1) is 5.65. The molecule has 0 heterocycles. The summed E-state index contributed by atoms with van der Waals surface area (Å²) in [5, 5.41) is 8.84. The van der Waals surface area contributed by atoms with Gasteiger partial charge in [-0.05, 0) is 0 Å². The lowest BCUT2D eigenvalue weighted by Crippen LogP contribution is -2.05. The van der Waals surface area contributed by atoms with Crippen molar-refractivity contribution >= 4 is 0 Å². The number of hydrogen-bond acceptors (Lipinski definition) is 1. The lowest BCUT2D eigenvalue weighted by atomic mass is 9.96. The Kier molecular flexibility index (Phi) is 1.43. The lowest BCUT2D eigenvalue weighted by molar-refractivity contribution is 0.758. The summed E-state index contributed by atoms with van der Waals surface area (Å²) in [5.74, 6) is 7.18. The molecule has 0 spiro atoms. The van der Waals surface area contributed by atoms with Gasteiger partial charge >= 0.3 is 0 Å². The van der Waals surface area contributed by atoms with Crippen molar-refractivity contribution in [2.75, 3.05) is 0 Å². The van der Waals surface area contributed by atoms with E-state index in [2.05, 4.69) is 17.8 Å². The van der Waals surface area contributed by atoms with Crippen LogP contribution in [0.15, 0.2) is 0 Å². The van der Waals surface area contributed by atoms with Crippen molar-refractivity contribution in [1.29, 1.82) is 5.26 Å². The van der Waals surface area contributed by atoms with E-state index in [1.807, 2.05) is 13.0 Å². The van der Waals surface area contributed by atoms with Crippen molar-refractivity contribution in [3.63, 3.8) is 0 Å². The highest BCUT2D eigenvalue weighted by Crippen LogP contribution is 2.67. The summed E-state index contributed by atoms with van der Waals surface area (Å²) in [4.78, 5) is 0. The maximum Gasteiger partial charge on any atom is 0.150 e. The van der Waals surface area contributed by atoms with Crippen molar-refractivity contribution in [3.8, 4) is 43.1 Å². The summed E-state index contributed by atoms with van der Waals surface area (Å²) in [6.45, 7) is 1.81. The second kappa shape index (κ2) is 2.08. The molecule has 0 aromatic rings. The van der Waals surface area contributed by atoms with Gasteiger partial charge < -0.3 is 0 Å². The molecule has 1 nitrogen and oxygen atoms in total. The molecule has 0 aromatic heterocycles. The van der Waals surface area contributed by atoms with E-state index in [0.29, 0.717) is 0 Å². The Morgan fingerprint density at radius 3 is 1.58 bits per heavy atom. The van der Waals surface area contributed by atoms with Gasteiger partial charge in [-0.3, -0.25) is 0 Å². The number of nitrogens with zero attached hydrogens (tertiary/aromatic N) is 1. The SMILES string of the molecule is C#CC1(C#C)C(C)C1(C#C)C#N. The Balaban J connectivity index is 3.26. The largest absolute Gasteiger partial charge is 0.197 e. The molecule has 0 aliphatic heterocycles. The maximum absolute atomic E-state index is 8.84. The third-order valence-corrected chi connectivity index (χ3v) is 2.70. The highest BCUT2D eigenvalue weighted by Gasteiger charge is 2.74. The molecule has 12 heavy (non-hydrogen) atoms. The Morgan fingerprint density at radius 2 is 1.50 bits per heavy atom. The summed E-state index contributed by atoms with van der Waals surface area (Å²) in [5.41, 5.74) is -1.77. The van der Waals surface area contributed by atoms with Crippen molar-refractivity contribution in [3.05, 3.63) is 0 Å². The molecule has 0 radical (unpaired) electrons. The first kappa shape index (κ1) is 8.27. The van der Waals surface area contributed by atoms with Crippen LogP contribution in [0.25, 0.3) is 0 Å². The van der Waals surface area contributed by atoms with E-state index in [-0.39, 0.29) is 5.92 Å². The summed E-state index contributed by atoms with van der Waals surface area (Å²) in [6, 6.07) is 2.02. The molecular weight excluding hydrogens is 146 g/mol. The molecule has 1 heteroatoms. The fraction of sp³-hybridized carbons (Fsp3) is 0.364. The van der Waals surface area contributed by atoms with Crippen LogP contribution in [0, 0.1) is 65.1 Å². The molecule has 0 amide bonds. The number of nitriles is 1. The highest BCUT2D eigenvalue weighted by atomic mass is 14.7. The van der Waals surface area contributed by atoms with Gasteiger partial charge in [0, 0.05) is 5.92 Å². The second-order valence-corrected chi connectivity index (χ2v) is 2.88. The Morgan fingerprint density at radius 1 is 1.08 bits per heavy atom. The van der Waals surface area contributed by atoms with Crippen LogP contribution < -0.4 is 0 Å². The third-order valence-electron chi connectivity index (χ3n) is 2.70. The van der Waals surface area contributed by atoms with Gasteiger partial charge in [0.1, 0.15) is 5.41 Å². The van der Waals surface area contributed by atoms with Gasteiger partial charge in [-0.1, -0.05) is 24.7 Å². The van der Waals surface area contributed by atoms with Crippen LogP contribution in [-0.4, -0.2) is 0 Å². The van der Waals surface area contributed by atoms with Crippen LogP contribution in [0.1, 0.15) is 6.92 Å². The molecule has 0 aromatic carbocycles. The quantitative estimate of drug-likeness (QED) is 0.477. The van der Waals surface area contributed by atoms with Crippen molar-refractivity contribution in [1.82, 2.24) is 0 Å². The molecule has 0 saturated heterocycles. The van der Waals surface area contributed by atoms with Crippen LogP contribution >= 0.6 is 0 Å². The van der Waals surface area contributed by atoms with E-state index in [1.54, 1.807) is 0 Å². The zero-order chi connectivity index (χ0) is 9.41. The Labute approximate surface area is 72.8 Å². The first-order valence-corrected chi connectivity index (χ1v) is 3.49. The molecule has 0 N–H and O–H groups in total. The van der Waals surface area contributed by atoms with Gasteiger partial charge in [-0.15, -0.1) is 19.3 Å². The van der Waals surface area contributed by atoms with E-state index >= 15 is 0 Å². The molecular formula is C11H7N. The minimum Gasteiger partial charge on any atom is -0.197 e. The molecule has 1 rings (SSSR count). The van der Waals surface area contributed by atoms with Gasteiger partial charge in [0.2, 0.25) is 0 Å². The summed E-state index contributed by atoms with van der Waals surface area (Å²) < 4.78 is 0. The van der Waals surface area contributed by atoms with Gasteiger partial charge in [-0.25, -0.2) is 0 Å². The minimum absolute atomic E-state index is 0.102. The van der Waals surface area contributed by atoms with Gasteiger partial charge in [0.25, 0.3) is 0 Å². The van der Waals surface area contributed by atoms with Crippen LogP contribution in [0.2, 0.25) is 0 Å². The van der Waals surface area contributed by atoms with E-state index < -0.39 is 10.8 Å². The Hall–Kier alpha value is -1.83. The monoisotopic (exact) mass is 153 g/mol. The maximum atomic E-state index is 8.84.